The van der Waals surface area contributed by atoms with Crippen LogP contribution in [0.25, 0.3) is 0 Å². The molecular formula is C27H30FN3O4. The molecule has 2 aromatic carbocycles. The molecule has 2 amide bonds. The van der Waals surface area contributed by atoms with E-state index in [1.165, 1.54) is 12.1 Å². The first kappa shape index (κ1) is 23.3. The molecule has 1 saturated carbocycles. The second-order valence-corrected chi connectivity index (χ2v) is 9.68. The van der Waals surface area contributed by atoms with Gasteiger partial charge in [-0.3, -0.25) is 14.4 Å². The molecule has 0 aromatic heterocycles. The third kappa shape index (κ3) is 4.88. The Kier molecular flexibility index (Phi) is 6.45. The molecule has 184 valence electrons. The van der Waals surface area contributed by atoms with Crippen molar-refractivity contribution in [3.05, 3.63) is 59.9 Å². The lowest BCUT2D eigenvalue weighted by Gasteiger charge is -2.36. The molecular weight excluding hydrogens is 449 g/mol. The number of halogens is 1. The number of carbonyl (C=O) groups excluding carboxylic acids is 3. The van der Waals surface area contributed by atoms with E-state index in [1.54, 1.807) is 36.4 Å². The number of esters is 1. The first-order valence-electron chi connectivity index (χ1n) is 12.4. The van der Waals surface area contributed by atoms with Gasteiger partial charge in [-0.15, -0.1) is 0 Å². The lowest BCUT2D eigenvalue weighted by Crippen LogP contribution is -2.48. The fourth-order valence-electron chi connectivity index (χ4n) is 5.55. The van der Waals surface area contributed by atoms with Crippen LogP contribution >= 0.6 is 0 Å². The summed E-state index contributed by atoms with van der Waals surface area (Å²) in [5, 5.41) is 2.92. The van der Waals surface area contributed by atoms with E-state index < -0.39 is 11.5 Å². The van der Waals surface area contributed by atoms with Crippen molar-refractivity contribution in [3.63, 3.8) is 0 Å². The third-order valence-corrected chi connectivity index (χ3v) is 7.50. The first-order chi connectivity index (χ1) is 16.9. The van der Waals surface area contributed by atoms with Crippen LogP contribution in [0, 0.1) is 11.7 Å². The fourth-order valence-corrected chi connectivity index (χ4v) is 5.55. The van der Waals surface area contributed by atoms with Crippen molar-refractivity contribution < 1.29 is 23.5 Å². The first-order valence-corrected chi connectivity index (χ1v) is 12.4. The van der Waals surface area contributed by atoms with Crippen LogP contribution in [0.15, 0.2) is 48.5 Å². The normalized spacial score (nSPS) is 21.6. The highest BCUT2D eigenvalue weighted by Crippen LogP contribution is 2.44. The molecule has 1 N–H and O–H groups in total. The lowest BCUT2D eigenvalue weighted by atomic mass is 9.75. The molecule has 3 aliphatic rings. The maximum absolute atomic E-state index is 13.2. The Morgan fingerprint density at radius 3 is 2.23 bits per heavy atom. The van der Waals surface area contributed by atoms with Crippen molar-refractivity contribution in [2.75, 3.05) is 36.4 Å². The summed E-state index contributed by atoms with van der Waals surface area (Å²) < 4.78 is 18.8. The van der Waals surface area contributed by atoms with Crippen LogP contribution in [0.2, 0.25) is 0 Å². The Hall–Kier alpha value is -3.42. The molecule has 1 aliphatic carbocycles. The Morgan fingerprint density at radius 2 is 1.57 bits per heavy atom. The summed E-state index contributed by atoms with van der Waals surface area (Å²) >= 11 is 0. The number of piperazine rings is 1. The van der Waals surface area contributed by atoms with Gasteiger partial charge in [0.25, 0.3) is 5.91 Å². The van der Waals surface area contributed by atoms with Gasteiger partial charge < -0.3 is 19.9 Å². The second-order valence-electron chi connectivity index (χ2n) is 9.68. The fraction of sp³-hybridized carbons (Fsp3) is 0.444. The highest BCUT2D eigenvalue weighted by molar-refractivity contribution is 5.98. The van der Waals surface area contributed by atoms with Gasteiger partial charge in [0.1, 0.15) is 11.4 Å². The van der Waals surface area contributed by atoms with Gasteiger partial charge in [0, 0.05) is 43.1 Å². The number of rotatable bonds is 4. The van der Waals surface area contributed by atoms with Gasteiger partial charge in [0.15, 0.2) is 0 Å². The molecule has 0 bridgehead atoms. The maximum Gasteiger partial charge on any atom is 0.307 e. The van der Waals surface area contributed by atoms with E-state index in [9.17, 15) is 18.8 Å². The van der Waals surface area contributed by atoms with Gasteiger partial charge >= 0.3 is 5.97 Å². The topological polar surface area (TPSA) is 79.0 Å². The summed E-state index contributed by atoms with van der Waals surface area (Å²) in [5.74, 6) is -1.30. The zero-order valence-electron chi connectivity index (χ0n) is 19.7. The molecule has 8 heteroatoms. The Labute approximate surface area is 204 Å². The zero-order chi connectivity index (χ0) is 24.4. The number of benzene rings is 2. The predicted octanol–water partition coefficient (Wildman–Crippen LogP) is 3.99. The molecule has 2 saturated heterocycles. The predicted molar refractivity (Wildman–Crippen MR) is 130 cm³/mol. The summed E-state index contributed by atoms with van der Waals surface area (Å²) in [5.41, 5.74) is 1.44. The summed E-state index contributed by atoms with van der Waals surface area (Å²) in [6.45, 7) is 2.50. The van der Waals surface area contributed by atoms with E-state index in [4.69, 9.17) is 4.74 Å². The Morgan fingerprint density at radius 1 is 0.914 bits per heavy atom. The molecule has 2 aromatic rings. The summed E-state index contributed by atoms with van der Waals surface area (Å²) in [7, 11) is 0. The Balaban J connectivity index is 1.17. The van der Waals surface area contributed by atoms with E-state index in [0.29, 0.717) is 37.4 Å². The highest BCUT2D eigenvalue weighted by Gasteiger charge is 2.52. The van der Waals surface area contributed by atoms with Crippen LogP contribution in [0.4, 0.5) is 15.8 Å². The van der Waals surface area contributed by atoms with Gasteiger partial charge in [-0.2, -0.15) is 0 Å². The Bertz CT molecular complexity index is 1090. The minimum absolute atomic E-state index is 0.0578. The number of amides is 2. The molecule has 1 spiro atoms. The molecule has 1 unspecified atom stereocenters. The molecule has 3 fully saturated rings. The summed E-state index contributed by atoms with van der Waals surface area (Å²) in [6, 6.07) is 13.3. The zero-order valence-corrected chi connectivity index (χ0v) is 19.7. The van der Waals surface area contributed by atoms with Crippen molar-refractivity contribution >= 4 is 29.2 Å². The monoisotopic (exact) mass is 479 g/mol. The number of hydrogen-bond donors (Lipinski definition) is 1. The average Bonchev–Trinajstić information content (AvgIpc) is 3.20. The molecule has 0 radical (unpaired) electrons. The minimum Gasteiger partial charge on any atom is -0.458 e. The molecule has 2 aliphatic heterocycles. The minimum atomic E-state index is -0.661. The number of ether oxygens (including phenoxy) is 1. The van der Waals surface area contributed by atoms with Crippen molar-refractivity contribution in [2.24, 2.45) is 5.92 Å². The summed E-state index contributed by atoms with van der Waals surface area (Å²) in [4.78, 5) is 42.0. The maximum atomic E-state index is 13.2. The number of carbonyl (C=O) groups is 3. The number of nitrogens with one attached hydrogen (secondary N) is 1. The average molecular weight is 480 g/mol. The van der Waals surface area contributed by atoms with Crippen molar-refractivity contribution in [3.8, 4) is 0 Å². The van der Waals surface area contributed by atoms with Crippen molar-refractivity contribution in [2.45, 2.75) is 44.1 Å². The van der Waals surface area contributed by atoms with E-state index in [1.807, 2.05) is 4.90 Å². The van der Waals surface area contributed by atoms with E-state index in [2.05, 4.69) is 10.2 Å². The number of nitrogens with zero attached hydrogens (tertiary/aromatic N) is 2. The molecule has 2 heterocycles. The third-order valence-electron chi connectivity index (χ3n) is 7.50. The van der Waals surface area contributed by atoms with Gasteiger partial charge in [0.2, 0.25) is 5.91 Å². The summed E-state index contributed by atoms with van der Waals surface area (Å²) in [6.07, 6.45) is 4.62. The van der Waals surface area contributed by atoms with E-state index in [0.717, 1.165) is 37.8 Å². The van der Waals surface area contributed by atoms with Crippen LogP contribution in [0.1, 0.15) is 48.9 Å². The SMILES string of the molecule is O=C1CC(C(=O)Nc2ccc(C(=O)N3CCN(c4ccc(F)cc4)CC3)cc2)C2(CCCCC2)O1. The van der Waals surface area contributed by atoms with Gasteiger partial charge in [-0.05, 0) is 74.2 Å². The highest BCUT2D eigenvalue weighted by atomic mass is 19.1. The van der Waals surface area contributed by atoms with Crippen molar-refractivity contribution in [1.82, 2.24) is 4.90 Å². The number of anilines is 2. The van der Waals surface area contributed by atoms with Crippen LogP contribution in [-0.4, -0.2) is 54.5 Å². The standard InChI is InChI=1S/C27H30FN3O4/c28-20-6-10-22(11-7-20)30-14-16-31(17-15-30)26(34)19-4-8-21(9-5-19)29-25(33)23-18-24(32)35-27(23)12-2-1-3-13-27/h4-11,23H,1-3,12-18H2,(H,29,33). The van der Waals surface area contributed by atoms with Crippen LogP contribution in [-0.2, 0) is 14.3 Å². The quantitative estimate of drug-likeness (QED) is 0.671. The second kappa shape index (κ2) is 9.68. The smallest absolute Gasteiger partial charge is 0.307 e. The molecule has 35 heavy (non-hydrogen) atoms. The van der Waals surface area contributed by atoms with Gasteiger partial charge in [0.05, 0.1) is 12.3 Å². The van der Waals surface area contributed by atoms with Crippen LogP contribution in [0.5, 0.6) is 0 Å². The number of hydrogen-bond acceptors (Lipinski definition) is 5. The van der Waals surface area contributed by atoms with Crippen LogP contribution in [0.3, 0.4) is 0 Å². The van der Waals surface area contributed by atoms with E-state index in [-0.39, 0.29) is 30.0 Å². The van der Waals surface area contributed by atoms with Gasteiger partial charge in [-0.25, -0.2) is 4.39 Å². The van der Waals surface area contributed by atoms with Gasteiger partial charge in [-0.1, -0.05) is 6.42 Å². The molecule has 5 rings (SSSR count). The largest absolute Gasteiger partial charge is 0.458 e. The van der Waals surface area contributed by atoms with Crippen LogP contribution < -0.4 is 10.2 Å². The molecule has 7 nitrogen and oxygen atoms in total. The lowest BCUT2D eigenvalue weighted by molar-refractivity contribution is -0.153. The van der Waals surface area contributed by atoms with E-state index >= 15 is 0 Å². The molecule has 1 atom stereocenters. The van der Waals surface area contributed by atoms with Crippen molar-refractivity contribution in [1.29, 1.82) is 0 Å².